The van der Waals surface area contributed by atoms with Gasteiger partial charge in [-0.2, -0.15) is 0 Å². The van der Waals surface area contributed by atoms with Crippen LogP contribution in [0.2, 0.25) is 0 Å². The zero-order valence-electron chi connectivity index (χ0n) is 12.7. The molecule has 0 aliphatic rings. The average molecular weight is 320 g/mol. The van der Waals surface area contributed by atoms with E-state index >= 15 is 0 Å². The summed E-state index contributed by atoms with van der Waals surface area (Å²) >= 11 is 0. The van der Waals surface area contributed by atoms with Crippen molar-refractivity contribution in [3.05, 3.63) is 42.5 Å². The molecular formula is C16H20N2O5. The molecular weight excluding hydrogens is 300 g/mol. The van der Waals surface area contributed by atoms with E-state index in [0.717, 1.165) is 0 Å². The summed E-state index contributed by atoms with van der Waals surface area (Å²) in [6.07, 6.45) is 2.58. The highest BCUT2D eigenvalue weighted by Crippen LogP contribution is 2.10. The van der Waals surface area contributed by atoms with Gasteiger partial charge in [-0.1, -0.05) is 6.08 Å². The van der Waals surface area contributed by atoms with E-state index in [0.29, 0.717) is 37.3 Å². The van der Waals surface area contributed by atoms with Gasteiger partial charge >= 0.3 is 5.97 Å². The van der Waals surface area contributed by atoms with Crippen LogP contribution in [0.25, 0.3) is 0 Å². The highest BCUT2D eigenvalue weighted by atomic mass is 16.5. The number of amides is 2. The van der Waals surface area contributed by atoms with E-state index in [9.17, 15) is 14.4 Å². The van der Waals surface area contributed by atoms with Gasteiger partial charge in [-0.05, 0) is 30.7 Å². The van der Waals surface area contributed by atoms with Gasteiger partial charge in [0.05, 0.1) is 6.61 Å². The minimum Gasteiger partial charge on any atom is -0.480 e. The van der Waals surface area contributed by atoms with Crippen LogP contribution < -0.4 is 10.6 Å². The lowest BCUT2D eigenvalue weighted by Gasteiger charge is -2.07. The lowest BCUT2D eigenvalue weighted by atomic mass is 10.2. The van der Waals surface area contributed by atoms with Crippen LogP contribution in [0.4, 0.5) is 5.69 Å². The monoisotopic (exact) mass is 320 g/mol. The highest BCUT2D eigenvalue weighted by molar-refractivity contribution is 5.97. The van der Waals surface area contributed by atoms with E-state index in [1.807, 2.05) is 0 Å². The Bertz CT molecular complexity index is 554. The molecule has 3 N–H and O–H groups in total. The predicted molar refractivity (Wildman–Crippen MR) is 85.3 cm³/mol. The summed E-state index contributed by atoms with van der Waals surface area (Å²) in [6, 6.07) is 6.20. The fraction of sp³-hybridized carbons (Fsp3) is 0.312. The van der Waals surface area contributed by atoms with Crippen LogP contribution >= 0.6 is 0 Å². The van der Waals surface area contributed by atoms with Crippen LogP contribution in [0, 0.1) is 0 Å². The maximum absolute atomic E-state index is 11.7. The van der Waals surface area contributed by atoms with Gasteiger partial charge in [0.2, 0.25) is 5.91 Å². The molecule has 2 amide bonds. The lowest BCUT2D eigenvalue weighted by Crippen LogP contribution is -2.29. The first-order valence-electron chi connectivity index (χ1n) is 7.11. The van der Waals surface area contributed by atoms with Crippen molar-refractivity contribution >= 4 is 23.5 Å². The molecule has 1 aromatic carbocycles. The van der Waals surface area contributed by atoms with Crippen molar-refractivity contribution in [2.24, 2.45) is 0 Å². The number of carboxylic acids is 1. The molecule has 0 saturated heterocycles. The number of hydrogen-bond acceptors (Lipinski definition) is 4. The van der Waals surface area contributed by atoms with Crippen LogP contribution in [-0.4, -0.2) is 42.6 Å². The van der Waals surface area contributed by atoms with E-state index in [1.54, 1.807) is 18.2 Å². The summed E-state index contributed by atoms with van der Waals surface area (Å²) in [7, 11) is 0. The number of ether oxygens (including phenoxy) is 1. The molecule has 1 rings (SSSR count). The first-order chi connectivity index (χ1) is 11.0. The van der Waals surface area contributed by atoms with E-state index in [4.69, 9.17) is 9.84 Å². The SMILES string of the molecule is C=CCOCCCC(=O)Nc1ccc(C(=O)NCC(=O)O)cc1. The number of aliphatic carboxylic acids is 1. The fourth-order valence-corrected chi connectivity index (χ4v) is 1.69. The number of hydrogen-bond donors (Lipinski definition) is 3. The van der Waals surface area contributed by atoms with Gasteiger partial charge in [-0.15, -0.1) is 6.58 Å². The zero-order chi connectivity index (χ0) is 17.1. The van der Waals surface area contributed by atoms with E-state index in [2.05, 4.69) is 17.2 Å². The highest BCUT2D eigenvalue weighted by Gasteiger charge is 2.08. The Morgan fingerprint density at radius 1 is 1.22 bits per heavy atom. The smallest absolute Gasteiger partial charge is 0.322 e. The number of rotatable bonds is 10. The molecule has 0 aliphatic carbocycles. The number of carbonyl (C=O) groups is 3. The number of benzene rings is 1. The van der Waals surface area contributed by atoms with E-state index < -0.39 is 18.4 Å². The Hall–Kier alpha value is -2.67. The van der Waals surface area contributed by atoms with E-state index in [1.165, 1.54) is 12.1 Å². The summed E-state index contributed by atoms with van der Waals surface area (Å²) in [5.41, 5.74) is 0.888. The zero-order valence-corrected chi connectivity index (χ0v) is 12.7. The second kappa shape index (κ2) is 10.1. The van der Waals surface area contributed by atoms with Gasteiger partial charge in [0.15, 0.2) is 0 Å². The predicted octanol–water partition coefficient (Wildman–Crippen LogP) is 1.42. The van der Waals surface area contributed by atoms with Crippen molar-refractivity contribution in [2.75, 3.05) is 25.1 Å². The molecule has 0 atom stereocenters. The Morgan fingerprint density at radius 3 is 2.52 bits per heavy atom. The average Bonchev–Trinajstić information content (AvgIpc) is 2.53. The van der Waals surface area contributed by atoms with Gasteiger partial charge in [0.25, 0.3) is 5.91 Å². The minimum absolute atomic E-state index is 0.143. The molecule has 0 bridgehead atoms. The van der Waals surface area contributed by atoms with Gasteiger partial charge in [-0.25, -0.2) is 0 Å². The third-order valence-corrected chi connectivity index (χ3v) is 2.76. The first kappa shape index (κ1) is 18.4. The molecule has 0 spiro atoms. The number of nitrogens with one attached hydrogen (secondary N) is 2. The van der Waals surface area contributed by atoms with Crippen molar-refractivity contribution in [1.29, 1.82) is 0 Å². The molecule has 7 heteroatoms. The topological polar surface area (TPSA) is 105 Å². The third kappa shape index (κ3) is 7.77. The van der Waals surface area contributed by atoms with Crippen molar-refractivity contribution in [2.45, 2.75) is 12.8 Å². The second-order valence-electron chi connectivity index (χ2n) is 4.67. The first-order valence-corrected chi connectivity index (χ1v) is 7.11. The molecule has 0 aliphatic heterocycles. The van der Waals surface area contributed by atoms with Crippen LogP contribution in [0.1, 0.15) is 23.2 Å². The lowest BCUT2D eigenvalue weighted by molar-refractivity contribution is -0.135. The van der Waals surface area contributed by atoms with Gasteiger partial charge in [0.1, 0.15) is 6.54 Å². The van der Waals surface area contributed by atoms with Crippen molar-refractivity contribution in [3.8, 4) is 0 Å². The summed E-state index contributed by atoms with van der Waals surface area (Å²) < 4.78 is 5.18. The Balaban J connectivity index is 2.38. The molecule has 0 aromatic heterocycles. The van der Waals surface area contributed by atoms with Crippen molar-refractivity contribution < 1.29 is 24.2 Å². The summed E-state index contributed by atoms with van der Waals surface area (Å²) in [6.45, 7) is 4.04. The molecule has 0 fully saturated rings. The van der Waals surface area contributed by atoms with Gasteiger partial charge in [-0.3, -0.25) is 14.4 Å². The maximum Gasteiger partial charge on any atom is 0.322 e. The standard InChI is InChI=1S/C16H20N2O5/c1-2-9-23-10-3-4-14(19)18-13-7-5-12(6-8-13)16(22)17-11-15(20)21/h2,5-8H,1,3-4,9-11H2,(H,17,22)(H,18,19)(H,20,21). The Labute approximate surface area is 134 Å². The van der Waals surface area contributed by atoms with Gasteiger partial charge in [0, 0.05) is 24.3 Å². The van der Waals surface area contributed by atoms with Crippen LogP contribution in [0.5, 0.6) is 0 Å². The Kier molecular flexibility index (Phi) is 8.09. The quantitative estimate of drug-likeness (QED) is 0.447. The summed E-state index contributed by atoms with van der Waals surface area (Å²) in [5.74, 6) is -1.74. The second-order valence-corrected chi connectivity index (χ2v) is 4.67. The Morgan fingerprint density at radius 2 is 1.91 bits per heavy atom. The van der Waals surface area contributed by atoms with E-state index in [-0.39, 0.29) is 5.91 Å². The number of anilines is 1. The molecule has 23 heavy (non-hydrogen) atoms. The molecule has 0 saturated carbocycles. The number of carboxylic acid groups (broad SMARTS) is 1. The minimum atomic E-state index is -1.11. The normalized spacial score (nSPS) is 9.91. The summed E-state index contributed by atoms with van der Waals surface area (Å²) in [4.78, 5) is 33.7. The fourth-order valence-electron chi connectivity index (χ4n) is 1.69. The van der Waals surface area contributed by atoms with Crippen LogP contribution in [0.3, 0.4) is 0 Å². The molecule has 0 radical (unpaired) electrons. The number of carbonyl (C=O) groups excluding carboxylic acids is 2. The molecule has 124 valence electrons. The molecule has 0 unspecified atom stereocenters. The third-order valence-electron chi connectivity index (χ3n) is 2.76. The molecule has 7 nitrogen and oxygen atoms in total. The van der Waals surface area contributed by atoms with Gasteiger partial charge < -0.3 is 20.5 Å². The largest absolute Gasteiger partial charge is 0.480 e. The van der Waals surface area contributed by atoms with Crippen LogP contribution in [-0.2, 0) is 14.3 Å². The maximum atomic E-state index is 11.7. The van der Waals surface area contributed by atoms with Crippen molar-refractivity contribution in [3.63, 3.8) is 0 Å². The van der Waals surface area contributed by atoms with Crippen molar-refractivity contribution in [1.82, 2.24) is 5.32 Å². The summed E-state index contributed by atoms with van der Waals surface area (Å²) in [5, 5.41) is 13.5. The van der Waals surface area contributed by atoms with Crippen LogP contribution in [0.15, 0.2) is 36.9 Å². The molecule has 0 heterocycles. The molecule has 1 aromatic rings.